The number of ether oxygens (including phenoxy) is 2. The van der Waals surface area contributed by atoms with Crippen LogP contribution in [-0.4, -0.2) is 54.6 Å². The highest BCUT2D eigenvalue weighted by atomic mass is 16.6. The monoisotopic (exact) mass is 421 g/mol. The molecule has 1 fully saturated rings. The number of aryl methyl sites for hydroxylation is 1. The van der Waals surface area contributed by atoms with Crippen molar-refractivity contribution in [2.45, 2.75) is 19.0 Å². The standard InChI is InChI=1S/C21H19N5O5/c1-12-2-5-14(6-3-12)26-20(28)18-19(21(26)29)25(24-23-18)11-17(27)22-13-4-7-15-16(10-13)31-9-8-30-15/h2-7,10,18-19H,8-9,11H2,1H3,(H,22,27)/t18-,19-/m1/s1. The Morgan fingerprint density at radius 1 is 1.06 bits per heavy atom. The summed E-state index contributed by atoms with van der Waals surface area (Å²) in [4.78, 5) is 39.4. The van der Waals surface area contributed by atoms with E-state index in [9.17, 15) is 14.4 Å². The van der Waals surface area contributed by atoms with Crippen LogP contribution < -0.4 is 19.7 Å². The van der Waals surface area contributed by atoms with Gasteiger partial charge in [0.05, 0.1) is 5.69 Å². The Morgan fingerprint density at radius 3 is 2.58 bits per heavy atom. The maximum absolute atomic E-state index is 13.0. The Morgan fingerprint density at radius 2 is 1.81 bits per heavy atom. The quantitative estimate of drug-likeness (QED) is 0.752. The molecule has 5 rings (SSSR count). The molecule has 31 heavy (non-hydrogen) atoms. The first-order valence-corrected chi connectivity index (χ1v) is 9.83. The van der Waals surface area contributed by atoms with Crippen LogP contribution in [0.15, 0.2) is 52.8 Å². The molecule has 0 radical (unpaired) electrons. The van der Waals surface area contributed by atoms with E-state index in [4.69, 9.17) is 9.47 Å². The Kier molecular flexibility index (Phi) is 4.54. The lowest BCUT2D eigenvalue weighted by atomic mass is 10.1. The third-order valence-electron chi connectivity index (χ3n) is 5.28. The largest absolute Gasteiger partial charge is 0.486 e. The van der Waals surface area contributed by atoms with Crippen LogP contribution in [0.25, 0.3) is 0 Å². The van der Waals surface area contributed by atoms with Gasteiger partial charge in [-0.25, -0.2) is 4.90 Å². The SMILES string of the molecule is Cc1ccc(N2C(=O)[C@@H]3N=NN(CC(=O)Nc4ccc5c(c4)OCCO5)[C@H]3C2=O)cc1. The summed E-state index contributed by atoms with van der Waals surface area (Å²) < 4.78 is 11.0. The molecular weight excluding hydrogens is 402 g/mol. The third kappa shape index (κ3) is 3.35. The van der Waals surface area contributed by atoms with Crippen LogP contribution in [-0.2, 0) is 14.4 Å². The summed E-state index contributed by atoms with van der Waals surface area (Å²) in [6.07, 6.45) is 0. The number of carbonyl (C=O) groups excluding carboxylic acids is 3. The number of nitrogens with one attached hydrogen (secondary N) is 1. The van der Waals surface area contributed by atoms with Gasteiger partial charge in [-0.1, -0.05) is 22.9 Å². The zero-order valence-electron chi connectivity index (χ0n) is 16.6. The minimum atomic E-state index is -0.948. The first-order chi connectivity index (χ1) is 15.0. The van der Waals surface area contributed by atoms with E-state index in [2.05, 4.69) is 15.7 Å². The zero-order valence-corrected chi connectivity index (χ0v) is 16.6. The molecule has 3 aliphatic rings. The van der Waals surface area contributed by atoms with Crippen molar-refractivity contribution in [1.82, 2.24) is 5.01 Å². The number of amides is 3. The Hall–Kier alpha value is -3.95. The minimum absolute atomic E-state index is 0.222. The molecule has 3 heterocycles. The zero-order chi connectivity index (χ0) is 21.5. The van der Waals surface area contributed by atoms with E-state index >= 15 is 0 Å². The van der Waals surface area contributed by atoms with Crippen LogP contribution in [0.1, 0.15) is 5.56 Å². The average molecular weight is 421 g/mol. The number of nitrogens with zero attached hydrogens (tertiary/aromatic N) is 4. The van der Waals surface area contributed by atoms with E-state index in [0.717, 1.165) is 10.5 Å². The third-order valence-corrected chi connectivity index (χ3v) is 5.28. The fourth-order valence-corrected chi connectivity index (χ4v) is 3.77. The fraction of sp³-hybridized carbons (Fsp3) is 0.286. The van der Waals surface area contributed by atoms with Crippen molar-refractivity contribution in [3.8, 4) is 11.5 Å². The normalized spacial score (nSPS) is 21.5. The average Bonchev–Trinajstić information content (AvgIpc) is 3.28. The van der Waals surface area contributed by atoms with Crippen LogP contribution in [0, 0.1) is 6.92 Å². The molecule has 1 N–H and O–H groups in total. The van der Waals surface area contributed by atoms with E-state index in [1.165, 1.54) is 5.01 Å². The summed E-state index contributed by atoms with van der Waals surface area (Å²) in [6.45, 7) is 2.62. The van der Waals surface area contributed by atoms with Crippen LogP contribution in [0.2, 0.25) is 0 Å². The summed E-state index contributed by atoms with van der Waals surface area (Å²) >= 11 is 0. The van der Waals surface area contributed by atoms with Crippen molar-refractivity contribution in [3.05, 3.63) is 48.0 Å². The number of benzene rings is 2. The minimum Gasteiger partial charge on any atom is -0.486 e. The summed E-state index contributed by atoms with van der Waals surface area (Å²) in [5, 5.41) is 11.8. The van der Waals surface area contributed by atoms with Crippen molar-refractivity contribution in [2.75, 3.05) is 30.0 Å². The maximum Gasteiger partial charge on any atom is 0.263 e. The molecule has 158 valence electrons. The van der Waals surface area contributed by atoms with Gasteiger partial charge in [-0.15, -0.1) is 0 Å². The second-order valence-electron chi connectivity index (χ2n) is 7.45. The molecule has 10 heteroatoms. The Bertz CT molecular complexity index is 1100. The second kappa shape index (κ2) is 7.38. The van der Waals surface area contributed by atoms with Gasteiger partial charge in [0.1, 0.15) is 19.8 Å². The van der Waals surface area contributed by atoms with E-state index in [1.807, 2.05) is 19.1 Å². The van der Waals surface area contributed by atoms with Gasteiger partial charge >= 0.3 is 0 Å². The molecule has 0 bridgehead atoms. The van der Waals surface area contributed by atoms with E-state index in [-0.39, 0.29) is 6.54 Å². The van der Waals surface area contributed by atoms with Crippen LogP contribution in [0.5, 0.6) is 11.5 Å². The highest BCUT2D eigenvalue weighted by Crippen LogP contribution is 2.33. The number of fused-ring (bicyclic) bond motifs is 2. The molecule has 0 saturated carbocycles. The van der Waals surface area contributed by atoms with Gasteiger partial charge in [-0.05, 0) is 31.2 Å². The predicted molar refractivity (Wildman–Crippen MR) is 109 cm³/mol. The van der Waals surface area contributed by atoms with Crippen molar-refractivity contribution in [2.24, 2.45) is 10.3 Å². The molecule has 0 aromatic heterocycles. The first kappa shape index (κ1) is 19.0. The van der Waals surface area contributed by atoms with E-state index < -0.39 is 29.8 Å². The second-order valence-corrected chi connectivity index (χ2v) is 7.45. The maximum atomic E-state index is 13.0. The van der Waals surface area contributed by atoms with Crippen LogP contribution in [0.4, 0.5) is 11.4 Å². The summed E-state index contributed by atoms with van der Waals surface area (Å²) in [5.41, 5.74) is 2.02. The topological polar surface area (TPSA) is 113 Å². The van der Waals surface area contributed by atoms with Crippen molar-refractivity contribution in [1.29, 1.82) is 0 Å². The molecule has 3 aliphatic heterocycles. The lowest BCUT2D eigenvalue weighted by molar-refractivity contribution is -0.123. The van der Waals surface area contributed by atoms with Gasteiger partial charge in [-0.3, -0.25) is 19.4 Å². The Balaban J connectivity index is 1.28. The molecule has 0 spiro atoms. The van der Waals surface area contributed by atoms with Gasteiger partial charge in [0.2, 0.25) is 5.91 Å². The van der Waals surface area contributed by atoms with E-state index in [0.29, 0.717) is 36.1 Å². The Labute approximate surface area is 177 Å². The van der Waals surface area contributed by atoms with Crippen LogP contribution >= 0.6 is 0 Å². The smallest absolute Gasteiger partial charge is 0.263 e. The van der Waals surface area contributed by atoms with Gasteiger partial charge in [0.25, 0.3) is 11.8 Å². The lowest BCUT2D eigenvalue weighted by Crippen LogP contribution is -2.43. The van der Waals surface area contributed by atoms with Crippen molar-refractivity contribution in [3.63, 3.8) is 0 Å². The number of hydrogen-bond acceptors (Lipinski definition) is 8. The van der Waals surface area contributed by atoms with Gasteiger partial charge < -0.3 is 14.8 Å². The highest BCUT2D eigenvalue weighted by molar-refractivity contribution is 6.25. The van der Waals surface area contributed by atoms with Gasteiger partial charge in [-0.2, -0.15) is 5.11 Å². The predicted octanol–water partition coefficient (Wildman–Crippen LogP) is 1.70. The highest BCUT2D eigenvalue weighted by Gasteiger charge is 2.55. The number of carbonyl (C=O) groups is 3. The molecule has 2 aromatic rings. The van der Waals surface area contributed by atoms with E-state index in [1.54, 1.807) is 30.3 Å². The number of rotatable bonds is 4. The summed E-state index contributed by atoms with van der Waals surface area (Å²) in [5.74, 6) is -0.124. The first-order valence-electron chi connectivity index (χ1n) is 9.83. The number of anilines is 2. The molecular formula is C21H19N5O5. The molecule has 2 atom stereocenters. The van der Waals surface area contributed by atoms with Gasteiger partial charge in [0.15, 0.2) is 23.6 Å². The van der Waals surface area contributed by atoms with Crippen molar-refractivity contribution < 1.29 is 23.9 Å². The number of hydrogen-bond donors (Lipinski definition) is 1. The molecule has 2 aromatic carbocycles. The molecule has 0 aliphatic carbocycles. The molecule has 3 amide bonds. The summed E-state index contributed by atoms with van der Waals surface area (Å²) in [7, 11) is 0. The van der Waals surface area contributed by atoms with Gasteiger partial charge in [0, 0.05) is 11.8 Å². The molecule has 0 unspecified atom stereocenters. The summed E-state index contributed by atoms with van der Waals surface area (Å²) in [6, 6.07) is 10.3. The molecule has 10 nitrogen and oxygen atoms in total. The number of imide groups is 1. The molecule has 1 saturated heterocycles. The fourth-order valence-electron chi connectivity index (χ4n) is 3.77. The van der Waals surface area contributed by atoms with Crippen LogP contribution in [0.3, 0.4) is 0 Å². The lowest BCUT2D eigenvalue weighted by Gasteiger charge is -2.21. The van der Waals surface area contributed by atoms with Crippen molar-refractivity contribution >= 4 is 29.1 Å².